The van der Waals surface area contributed by atoms with Crippen LogP contribution in [-0.2, 0) is 20.4 Å². The Morgan fingerprint density at radius 2 is 1.57 bits per heavy atom. The second kappa shape index (κ2) is 10.8. The van der Waals surface area contributed by atoms with Crippen LogP contribution in [0.25, 0.3) is 0 Å². The molecule has 5 atom stereocenters. The summed E-state index contributed by atoms with van der Waals surface area (Å²) in [4.78, 5) is 0. The van der Waals surface area contributed by atoms with Crippen molar-refractivity contribution in [1.82, 2.24) is 0 Å². The number of allylic oxidation sites excluding steroid dienone is 8. The van der Waals surface area contributed by atoms with Gasteiger partial charge in [0.15, 0.2) is 0 Å². The van der Waals surface area contributed by atoms with Crippen molar-refractivity contribution < 1.29 is 45.2 Å². The molecule has 4 aliphatic carbocycles. The van der Waals surface area contributed by atoms with Crippen LogP contribution in [0, 0.1) is 23.7 Å². The van der Waals surface area contributed by atoms with E-state index in [9.17, 15) is 0 Å². The molecule has 0 heterocycles. The molecule has 0 aromatic rings. The smallest absolute Gasteiger partial charge is 1.00 e. The fraction of sp³-hybridized carbons (Fsp3) is 0.667. The molecule has 28 heavy (non-hydrogen) atoms. The number of rotatable bonds is 4. The molecule has 154 valence electrons. The molecule has 4 rings (SSSR count). The van der Waals surface area contributed by atoms with Crippen LogP contribution in [0.5, 0.6) is 0 Å². The number of halogens is 2. The molecular formula is C24H36Cl2SiZr. The summed E-state index contributed by atoms with van der Waals surface area (Å²) in [6.07, 6.45) is 22.6. The predicted molar refractivity (Wildman–Crippen MR) is 112 cm³/mol. The maximum absolute atomic E-state index is 2.69. The molecule has 0 spiro atoms. The summed E-state index contributed by atoms with van der Waals surface area (Å²) in [6, 6.07) is 0. The molecule has 0 radical (unpaired) electrons. The summed E-state index contributed by atoms with van der Waals surface area (Å²) in [6.45, 7) is 10.2. The van der Waals surface area contributed by atoms with E-state index in [0.29, 0.717) is 0 Å². The Bertz CT molecular complexity index is 727. The van der Waals surface area contributed by atoms with E-state index in [-0.39, 0.29) is 30.2 Å². The third-order valence-corrected chi connectivity index (χ3v) is 27.0. The van der Waals surface area contributed by atoms with Gasteiger partial charge in [-0.1, -0.05) is 0 Å². The Morgan fingerprint density at radius 3 is 2.18 bits per heavy atom. The van der Waals surface area contributed by atoms with Crippen molar-refractivity contribution in [1.29, 1.82) is 0 Å². The largest absolute Gasteiger partial charge is 1.00 e. The summed E-state index contributed by atoms with van der Waals surface area (Å²) >= 11 is -1.62. The van der Waals surface area contributed by atoms with E-state index in [0.717, 1.165) is 27.3 Å². The van der Waals surface area contributed by atoms with Gasteiger partial charge < -0.3 is 24.8 Å². The predicted octanol–water partition coefficient (Wildman–Crippen LogP) is 1.23. The third-order valence-electron chi connectivity index (χ3n) is 7.70. The standard InChI is InChI=1S/C13H17.C9H13.C2H6Si.2ClH.Zr/c1-3-7-12-10(5-1)9-11-6-2-4-8-13(11)12;1-3-8-6-5-7-9(8)4-2;1-3-2;;;/h1,3,5,7,9-13H,2,4,6,8H2;6H,3-5H2,1-2H3;1-2H3;2*1H;/q;;;;;+2/p-2. The summed E-state index contributed by atoms with van der Waals surface area (Å²) in [5.41, 5.74) is 3.40. The molecule has 0 aromatic carbocycles. The fourth-order valence-electron chi connectivity index (χ4n) is 6.81. The third kappa shape index (κ3) is 4.32. The zero-order valence-electron chi connectivity index (χ0n) is 18.0. The van der Waals surface area contributed by atoms with Crippen molar-refractivity contribution >= 4 is 5.43 Å². The Kier molecular flexibility index (Phi) is 9.60. The summed E-state index contributed by atoms with van der Waals surface area (Å²) in [5.74, 6) is 3.87. The quantitative estimate of drug-likeness (QED) is 0.496. The van der Waals surface area contributed by atoms with Crippen molar-refractivity contribution in [3.8, 4) is 0 Å². The SMILES string of the molecule is CCC1=CC[C]([Zr+2]([CH]2C3C=CC=CC3C3CCCCC32)=[Si](C)C)=C1CC.[Cl-].[Cl-]. The van der Waals surface area contributed by atoms with Crippen molar-refractivity contribution in [2.45, 2.75) is 75.5 Å². The fourth-order valence-corrected chi connectivity index (χ4v) is 28.6. The minimum atomic E-state index is -1.62. The van der Waals surface area contributed by atoms with Gasteiger partial charge in [0.05, 0.1) is 0 Å². The van der Waals surface area contributed by atoms with E-state index in [1.165, 1.54) is 38.5 Å². The van der Waals surface area contributed by atoms with E-state index in [1.807, 2.05) is 5.57 Å². The van der Waals surface area contributed by atoms with Gasteiger partial charge in [-0.15, -0.1) is 0 Å². The van der Waals surface area contributed by atoms with Gasteiger partial charge in [0, 0.05) is 0 Å². The van der Waals surface area contributed by atoms with Gasteiger partial charge in [0.25, 0.3) is 0 Å². The van der Waals surface area contributed by atoms with Crippen molar-refractivity contribution in [2.24, 2.45) is 23.7 Å². The van der Waals surface area contributed by atoms with E-state index in [4.69, 9.17) is 0 Å². The van der Waals surface area contributed by atoms with E-state index >= 15 is 0 Å². The van der Waals surface area contributed by atoms with Gasteiger partial charge >= 0.3 is 170 Å². The molecule has 0 amide bonds. The van der Waals surface area contributed by atoms with E-state index < -0.39 is 20.4 Å². The molecule has 5 unspecified atom stereocenters. The first kappa shape index (κ1) is 24.9. The van der Waals surface area contributed by atoms with E-state index in [2.05, 4.69) is 60.6 Å². The number of fused-ring (bicyclic) bond motifs is 3. The normalized spacial score (nSPS) is 32.5. The minimum absolute atomic E-state index is 0. The minimum Gasteiger partial charge on any atom is -1.00 e. The van der Waals surface area contributed by atoms with Gasteiger partial charge in [-0.2, -0.15) is 0 Å². The van der Waals surface area contributed by atoms with Crippen molar-refractivity contribution in [3.05, 3.63) is 44.8 Å². The molecule has 0 aromatic heterocycles. The average Bonchev–Trinajstić information content (AvgIpc) is 3.22. The molecule has 4 aliphatic rings. The Morgan fingerprint density at radius 1 is 0.929 bits per heavy atom. The molecule has 4 heteroatoms. The number of hydrogen-bond donors (Lipinski definition) is 0. The Balaban J connectivity index is 0.00000140. The monoisotopic (exact) mass is 512 g/mol. The Hall–Kier alpha value is 0.640. The summed E-state index contributed by atoms with van der Waals surface area (Å²) in [5, 5.41) is 0. The second-order valence-electron chi connectivity index (χ2n) is 9.07. The summed E-state index contributed by atoms with van der Waals surface area (Å²) in [7, 11) is 0. The first-order valence-corrected chi connectivity index (χ1v) is 19.9. The van der Waals surface area contributed by atoms with Crippen LogP contribution in [0.1, 0.15) is 58.8 Å². The first-order valence-electron chi connectivity index (χ1n) is 11.1. The van der Waals surface area contributed by atoms with Crippen LogP contribution in [0.15, 0.2) is 44.8 Å². The molecule has 0 bridgehead atoms. The van der Waals surface area contributed by atoms with Crippen molar-refractivity contribution in [2.75, 3.05) is 0 Å². The van der Waals surface area contributed by atoms with Crippen LogP contribution in [-0.4, -0.2) is 5.43 Å². The summed E-state index contributed by atoms with van der Waals surface area (Å²) < 4.78 is 3.18. The topological polar surface area (TPSA) is 0 Å². The van der Waals surface area contributed by atoms with Crippen LogP contribution in [0.2, 0.25) is 16.7 Å². The van der Waals surface area contributed by atoms with Gasteiger partial charge in [-0.3, -0.25) is 0 Å². The zero-order valence-corrected chi connectivity index (χ0v) is 22.9. The molecule has 2 fully saturated rings. The Labute approximate surface area is 193 Å². The second-order valence-corrected chi connectivity index (χ2v) is 26.8. The molecule has 2 saturated carbocycles. The molecule has 0 saturated heterocycles. The van der Waals surface area contributed by atoms with Crippen LogP contribution in [0.4, 0.5) is 0 Å². The van der Waals surface area contributed by atoms with Gasteiger partial charge in [0.2, 0.25) is 0 Å². The van der Waals surface area contributed by atoms with Gasteiger partial charge in [-0.25, -0.2) is 0 Å². The van der Waals surface area contributed by atoms with E-state index in [1.54, 1.807) is 12.0 Å². The molecule has 0 aliphatic heterocycles. The van der Waals surface area contributed by atoms with Crippen LogP contribution in [0.3, 0.4) is 0 Å². The maximum Gasteiger partial charge on any atom is -1.00 e. The first-order chi connectivity index (χ1) is 12.7. The van der Waals surface area contributed by atoms with Gasteiger partial charge in [0.1, 0.15) is 0 Å². The molecule has 0 N–H and O–H groups in total. The average molecular weight is 515 g/mol. The number of hydrogen-bond acceptors (Lipinski definition) is 0. The molecular weight excluding hydrogens is 478 g/mol. The van der Waals surface area contributed by atoms with Crippen LogP contribution < -0.4 is 24.8 Å². The van der Waals surface area contributed by atoms with Gasteiger partial charge in [-0.05, 0) is 0 Å². The van der Waals surface area contributed by atoms with Crippen molar-refractivity contribution in [3.63, 3.8) is 0 Å². The molecule has 0 nitrogen and oxygen atoms in total. The maximum atomic E-state index is 2.69. The zero-order chi connectivity index (χ0) is 18.3. The van der Waals surface area contributed by atoms with Crippen LogP contribution >= 0.6 is 0 Å².